The van der Waals surface area contributed by atoms with Gasteiger partial charge in [0.05, 0.1) is 23.1 Å². The van der Waals surface area contributed by atoms with Gasteiger partial charge >= 0.3 is 5.76 Å². The van der Waals surface area contributed by atoms with Crippen LogP contribution in [-0.2, 0) is 11.0 Å². The number of carbonyl (C=O) groups excluding carboxylic acids is 1. The first-order valence-electron chi connectivity index (χ1n) is 10.4. The quantitative estimate of drug-likeness (QED) is 0.254. The van der Waals surface area contributed by atoms with Crippen molar-refractivity contribution in [3.05, 3.63) is 78.0 Å². The van der Waals surface area contributed by atoms with E-state index in [2.05, 4.69) is 30.2 Å². The van der Waals surface area contributed by atoms with Crippen LogP contribution in [0.25, 0.3) is 11.3 Å². The molecule has 13 heteroatoms. The summed E-state index contributed by atoms with van der Waals surface area (Å²) in [6, 6.07) is 9.95. The Hall–Kier alpha value is -4.26. The third kappa shape index (κ3) is 5.68. The van der Waals surface area contributed by atoms with Crippen molar-refractivity contribution < 1.29 is 26.9 Å². The molecule has 2 aromatic heterocycles. The molecule has 2 heterocycles. The zero-order valence-corrected chi connectivity index (χ0v) is 19.4. The Morgan fingerprint density at radius 2 is 1.92 bits per heavy atom. The minimum Gasteiger partial charge on any atom is -0.485 e. The first-order chi connectivity index (χ1) is 17.4. The number of aromatic amines is 1. The van der Waals surface area contributed by atoms with E-state index in [0.29, 0.717) is 23.2 Å². The highest BCUT2D eigenvalue weighted by Crippen LogP contribution is 2.38. The number of alkyl halides is 2. The number of rotatable bonds is 10. The van der Waals surface area contributed by atoms with E-state index >= 15 is 0 Å². The van der Waals surface area contributed by atoms with Gasteiger partial charge in [0, 0.05) is 24.0 Å². The molecule has 2 aromatic carbocycles. The van der Waals surface area contributed by atoms with Crippen molar-refractivity contribution in [3.8, 4) is 17.0 Å². The first-order valence-corrected chi connectivity index (χ1v) is 11.7. The molecule has 0 aliphatic carbocycles. The molecule has 0 bridgehead atoms. The Bertz CT molecular complexity index is 1370. The molecule has 36 heavy (non-hydrogen) atoms. The number of carbonyl (C=O) groups is 1. The van der Waals surface area contributed by atoms with Gasteiger partial charge in [-0.05, 0) is 36.8 Å². The summed E-state index contributed by atoms with van der Waals surface area (Å²) in [6.45, 7) is 1.71. The smallest absolute Gasteiger partial charge is 0.330 e. The molecule has 9 nitrogen and oxygen atoms in total. The number of anilines is 3. The average molecular weight is 517 g/mol. The topological polar surface area (TPSA) is 122 Å². The zero-order valence-electron chi connectivity index (χ0n) is 18.6. The molecule has 2 unspecified atom stereocenters. The maximum absolute atomic E-state index is 13.3. The van der Waals surface area contributed by atoms with Gasteiger partial charge in [-0.2, -0.15) is 13.9 Å². The molecule has 3 N–H and O–H groups in total. The van der Waals surface area contributed by atoms with Crippen molar-refractivity contribution in [1.29, 1.82) is 0 Å². The third-order valence-corrected chi connectivity index (χ3v) is 5.77. The Balaban J connectivity index is 1.73. The van der Waals surface area contributed by atoms with Crippen molar-refractivity contribution in [3.63, 3.8) is 0 Å². The number of benzene rings is 2. The van der Waals surface area contributed by atoms with Crippen LogP contribution in [0.3, 0.4) is 0 Å². The van der Waals surface area contributed by atoms with Gasteiger partial charge in [-0.15, -0.1) is 0 Å². The zero-order chi connectivity index (χ0) is 25.7. The molecule has 0 saturated carbocycles. The van der Waals surface area contributed by atoms with E-state index in [4.69, 9.17) is 4.74 Å². The van der Waals surface area contributed by atoms with Crippen LogP contribution < -0.4 is 14.8 Å². The number of hydrogen-bond donors (Lipinski definition) is 3. The first kappa shape index (κ1) is 24.9. The van der Waals surface area contributed by atoms with E-state index in [1.807, 2.05) is 0 Å². The highest BCUT2D eigenvalue weighted by Gasteiger charge is 2.21. The molecular formula is C23H19F3N6O3S. The summed E-state index contributed by atoms with van der Waals surface area (Å²) in [5.41, 5.74) is 1.54. The van der Waals surface area contributed by atoms with Crippen LogP contribution in [0.4, 0.5) is 30.5 Å². The summed E-state index contributed by atoms with van der Waals surface area (Å²) in [4.78, 5) is 20.0. The number of nitrogens with zero attached hydrogens (tertiary/aromatic N) is 3. The van der Waals surface area contributed by atoms with Gasteiger partial charge in [0.1, 0.15) is 23.5 Å². The highest BCUT2D eigenvalue weighted by atomic mass is 32.2. The van der Waals surface area contributed by atoms with Crippen molar-refractivity contribution >= 4 is 34.6 Å². The van der Waals surface area contributed by atoms with Gasteiger partial charge in [-0.25, -0.2) is 13.6 Å². The summed E-state index contributed by atoms with van der Waals surface area (Å²) >= 11 is 0. The van der Waals surface area contributed by atoms with Crippen LogP contribution in [0.2, 0.25) is 0 Å². The van der Waals surface area contributed by atoms with E-state index in [9.17, 15) is 22.2 Å². The Labute approximate surface area is 205 Å². The van der Waals surface area contributed by atoms with Crippen molar-refractivity contribution in [2.45, 2.75) is 18.8 Å². The molecule has 186 valence electrons. The van der Waals surface area contributed by atoms with E-state index in [-0.39, 0.29) is 28.5 Å². The van der Waals surface area contributed by atoms with Gasteiger partial charge in [0.25, 0.3) is 0 Å². The minimum absolute atomic E-state index is 0.101. The molecule has 0 saturated heterocycles. The number of H-pyrrole nitrogens is 1. The van der Waals surface area contributed by atoms with Crippen LogP contribution in [0, 0.1) is 5.82 Å². The highest BCUT2D eigenvalue weighted by molar-refractivity contribution is 7.86. The van der Waals surface area contributed by atoms with Gasteiger partial charge in [-0.1, -0.05) is 12.1 Å². The normalized spacial score (nSPS) is 12.7. The molecule has 0 aliphatic rings. The van der Waals surface area contributed by atoms with Gasteiger partial charge in [-0.3, -0.25) is 14.9 Å². The molecule has 0 spiro atoms. The third-order valence-electron chi connectivity index (χ3n) is 5.01. The second-order valence-corrected chi connectivity index (χ2v) is 8.53. The van der Waals surface area contributed by atoms with E-state index in [0.717, 1.165) is 0 Å². The fraction of sp³-hybridized carbons (Fsp3) is 0.130. The average Bonchev–Trinajstić information content (AvgIpc) is 3.27. The predicted octanol–water partition coefficient (Wildman–Crippen LogP) is 5.00. The molecule has 0 radical (unpaired) electrons. The number of ether oxygens (including phenoxy) is 1. The van der Waals surface area contributed by atoms with Gasteiger partial charge in [0.15, 0.2) is 23.1 Å². The standard InChI is InChI=1S/C23H19F3N6O3S/c1-13(14-2-4-15(24)5-3-14)35-19-10-16(32-36(34)23(25)26)6-7-17(19)21-18(12-33)22(31-30-21)29-20-11-27-8-9-28-20/h2-13,23,32H,1H3,(H2,28,29,30,31). The molecule has 0 fully saturated rings. The van der Waals surface area contributed by atoms with Crippen LogP contribution in [0.1, 0.15) is 28.9 Å². The lowest BCUT2D eigenvalue weighted by Gasteiger charge is -2.19. The van der Waals surface area contributed by atoms with E-state index in [1.165, 1.54) is 48.9 Å². The number of halogens is 3. The van der Waals surface area contributed by atoms with Crippen LogP contribution >= 0.6 is 0 Å². The molecular weight excluding hydrogens is 497 g/mol. The lowest BCUT2D eigenvalue weighted by atomic mass is 10.1. The van der Waals surface area contributed by atoms with Crippen molar-refractivity contribution in [2.75, 3.05) is 10.0 Å². The van der Waals surface area contributed by atoms with Crippen molar-refractivity contribution in [1.82, 2.24) is 20.2 Å². The van der Waals surface area contributed by atoms with E-state index in [1.54, 1.807) is 19.1 Å². The van der Waals surface area contributed by atoms with Gasteiger partial charge in [0.2, 0.25) is 0 Å². The molecule has 0 amide bonds. The number of aromatic nitrogens is 4. The summed E-state index contributed by atoms with van der Waals surface area (Å²) in [7, 11) is -2.64. The van der Waals surface area contributed by atoms with Crippen LogP contribution in [-0.4, -0.2) is 36.4 Å². The second-order valence-electron chi connectivity index (χ2n) is 7.38. The molecule has 0 aliphatic heterocycles. The monoisotopic (exact) mass is 516 g/mol. The number of hydrogen-bond acceptors (Lipinski definition) is 7. The number of aldehydes is 1. The maximum Gasteiger partial charge on any atom is 0.330 e. The summed E-state index contributed by atoms with van der Waals surface area (Å²) in [5.74, 6) is -2.81. The summed E-state index contributed by atoms with van der Waals surface area (Å²) < 4.78 is 58.9. The fourth-order valence-electron chi connectivity index (χ4n) is 3.29. The molecule has 2 atom stereocenters. The largest absolute Gasteiger partial charge is 0.485 e. The lowest BCUT2D eigenvalue weighted by molar-refractivity contribution is 0.112. The fourth-order valence-corrected chi connectivity index (χ4v) is 3.74. The van der Waals surface area contributed by atoms with Crippen LogP contribution in [0.15, 0.2) is 61.1 Å². The maximum atomic E-state index is 13.3. The Morgan fingerprint density at radius 3 is 2.58 bits per heavy atom. The Morgan fingerprint density at radius 1 is 1.14 bits per heavy atom. The molecule has 4 rings (SSSR count). The van der Waals surface area contributed by atoms with Crippen molar-refractivity contribution in [2.24, 2.45) is 0 Å². The van der Waals surface area contributed by atoms with E-state index < -0.39 is 28.7 Å². The summed E-state index contributed by atoms with van der Waals surface area (Å²) in [5, 5.41) is 9.82. The molecule has 4 aromatic rings. The summed E-state index contributed by atoms with van der Waals surface area (Å²) in [6.07, 6.45) is 4.40. The predicted molar refractivity (Wildman–Crippen MR) is 128 cm³/mol. The minimum atomic E-state index is -3.10. The SMILES string of the molecule is CC(Oc1cc(NS(=O)C(F)F)ccc1-c1[nH]nc(Nc2cnccn2)c1C=O)c1ccc(F)cc1. The second kappa shape index (κ2) is 11.0. The van der Waals surface area contributed by atoms with Gasteiger partial charge < -0.3 is 14.8 Å². The lowest BCUT2D eigenvalue weighted by Crippen LogP contribution is -2.12. The van der Waals surface area contributed by atoms with Crippen LogP contribution in [0.5, 0.6) is 5.75 Å². The number of nitrogens with one attached hydrogen (secondary N) is 3. The Kier molecular flexibility index (Phi) is 7.59.